The summed E-state index contributed by atoms with van der Waals surface area (Å²) in [6, 6.07) is 4.15. The molecule has 2 rings (SSSR count). The Morgan fingerprint density at radius 1 is 1.32 bits per heavy atom. The molecule has 0 atom stereocenters. The summed E-state index contributed by atoms with van der Waals surface area (Å²) in [6.45, 7) is 3.04. The minimum atomic E-state index is -3.83. The molecular weight excluding hydrogens is 328 g/mol. The second-order valence-electron chi connectivity index (χ2n) is 4.28. The lowest BCUT2D eigenvalue weighted by molar-refractivity contribution is -0.114. The molecule has 0 spiro atoms. The lowest BCUT2D eigenvalue weighted by Crippen LogP contribution is -2.14. The highest BCUT2D eigenvalue weighted by Gasteiger charge is 2.19. The molecule has 2 aromatic rings. The average Bonchev–Trinajstić information content (AvgIpc) is 2.82. The number of hydrogen-bond donors (Lipinski definition) is 2. The van der Waals surface area contributed by atoms with Gasteiger partial charge in [0.05, 0.1) is 17.7 Å². The lowest BCUT2D eigenvalue weighted by Gasteiger charge is -2.11. The van der Waals surface area contributed by atoms with Gasteiger partial charge in [-0.3, -0.25) is 9.52 Å². The molecule has 0 fully saturated rings. The van der Waals surface area contributed by atoms with Gasteiger partial charge in [0.1, 0.15) is 10.8 Å². The Kier molecular flexibility index (Phi) is 4.62. The number of rotatable bonds is 5. The van der Waals surface area contributed by atoms with Gasteiger partial charge in [0.15, 0.2) is 0 Å². The molecule has 1 aromatic carbocycles. The monoisotopic (exact) mass is 342 g/mol. The summed E-state index contributed by atoms with van der Waals surface area (Å²) in [6.07, 6.45) is 0. The van der Waals surface area contributed by atoms with Gasteiger partial charge >= 0.3 is 0 Å². The molecule has 1 heterocycles. The molecule has 0 radical (unpaired) electrons. The Morgan fingerprint density at radius 3 is 2.59 bits per heavy atom. The fourth-order valence-corrected chi connectivity index (χ4v) is 3.50. The second-order valence-corrected chi connectivity index (χ2v) is 7.14. The molecule has 0 aliphatic rings. The van der Waals surface area contributed by atoms with Crippen LogP contribution in [0.25, 0.3) is 0 Å². The van der Waals surface area contributed by atoms with E-state index in [4.69, 9.17) is 4.74 Å². The first-order chi connectivity index (χ1) is 10.3. The maximum atomic E-state index is 12.3. The number of anilines is 2. The first-order valence-corrected chi connectivity index (χ1v) is 8.40. The van der Waals surface area contributed by atoms with Crippen LogP contribution < -0.4 is 14.8 Å². The van der Waals surface area contributed by atoms with Crippen molar-refractivity contribution in [1.29, 1.82) is 0 Å². The first-order valence-electron chi connectivity index (χ1n) is 6.10. The molecule has 10 heteroatoms. The Balaban J connectivity index is 2.36. The van der Waals surface area contributed by atoms with E-state index in [0.29, 0.717) is 10.8 Å². The number of carbonyl (C=O) groups is 1. The third kappa shape index (κ3) is 3.71. The third-order valence-corrected chi connectivity index (χ3v) is 4.76. The van der Waals surface area contributed by atoms with E-state index in [-0.39, 0.29) is 21.6 Å². The molecule has 0 saturated heterocycles. The van der Waals surface area contributed by atoms with E-state index in [1.807, 2.05) is 0 Å². The standard InChI is InChI=1S/C12H14N4O4S2/c1-7(17)13-10-6-9(4-5-11(10)20-3)22(18,19)16-12-15-14-8(2)21-12/h4-6H,1-3H3,(H,13,17)(H,15,16). The number of nitrogens with one attached hydrogen (secondary N) is 2. The van der Waals surface area contributed by atoms with Crippen LogP contribution in [0.2, 0.25) is 0 Å². The van der Waals surface area contributed by atoms with Crippen molar-refractivity contribution >= 4 is 38.1 Å². The van der Waals surface area contributed by atoms with Crippen LogP contribution in [0.3, 0.4) is 0 Å². The minimum Gasteiger partial charge on any atom is -0.495 e. The zero-order valence-electron chi connectivity index (χ0n) is 12.1. The topological polar surface area (TPSA) is 110 Å². The maximum Gasteiger partial charge on any atom is 0.263 e. The van der Waals surface area contributed by atoms with Crippen LogP contribution >= 0.6 is 11.3 Å². The quantitative estimate of drug-likeness (QED) is 0.854. The number of benzene rings is 1. The number of nitrogens with zero attached hydrogens (tertiary/aromatic N) is 2. The normalized spacial score (nSPS) is 11.0. The van der Waals surface area contributed by atoms with Gasteiger partial charge in [-0.15, -0.1) is 10.2 Å². The fraction of sp³-hybridized carbons (Fsp3) is 0.250. The zero-order valence-corrected chi connectivity index (χ0v) is 13.7. The molecule has 0 aliphatic heterocycles. The van der Waals surface area contributed by atoms with Crippen LogP contribution in [-0.2, 0) is 14.8 Å². The van der Waals surface area contributed by atoms with Gasteiger partial charge in [-0.05, 0) is 25.1 Å². The Labute approximate surface area is 131 Å². The number of aryl methyl sites for hydroxylation is 1. The largest absolute Gasteiger partial charge is 0.495 e. The van der Waals surface area contributed by atoms with Crippen LogP contribution in [0.4, 0.5) is 10.8 Å². The van der Waals surface area contributed by atoms with Gasteiger partial charge < -0.3 is 10.1 Å². The molecule has 0 aliphatic carbocycles. The second kappa shape index (κ2) is 6.28. The number of hydrogen-bond acceptors (Lipinski definition) is 7. The Morgan fingerprint density at radius 2 is 2.05 bits per heavy atom. The van der Waals surface area contributed by atoms with Gasteiger partial charge in [0.2, 0.25) is 11.0 Å². The van der Waals surface area contributed by atoms with Crippen molar-refractivity contribution in [2.45, 2.75) is 18.7 Å². The molecule has 0 bridgehead atoms. The molecule has 0 unspecified atom stereocenters. The highest BCUT2D eigenvalue weighted by molar-refractivity contribution is 7.93. The summed E-state index contributed by atoms with van der Waals surface area (Å²) >= 11 is 1.12. The van der Waals surface area contributed by atoms with Gasteiger partial charge in [-0.25, -0.2) is 8.42 Å². The summed E-state index contributed by atoms with van der Waals surface area (Å²) in [5, 5.41) is 10.8. The van der Waals surface area contributed by atoms with Gasteiger partial charge in [0, 0.05) is 6.92 Å². The molecular formula is C12H14N4O4S2. The van der Waals surface area contributed by atoms with Crippen molar-refractivity contribution in [3.05, 3.63) is 23.2 Å². The maximum absolute atomic E-state index is 12.3. The van der Waals surface area contributed by atoms with Crippen molar-refractivity contribution in [1.82, 2.24) is 10.2 Å². The van der Waals surface area contributed by atoms with Crippen molar-refractivity contribution in [2.24, 2.45) is 0 Å². The molecule has 2 N–H and O–H groups in total. The van der Waals surface area contributed by atoms with E-state index >= 15 is 0 Å². The number of aromatic nitrogens is 2. The summed E-state index contributed by atoms with van der Waals surface area (Å²) in [4.78, 5) is 11.2. The molecule has 8 nitrogen and oxygen atoms in total. The van der Waals surface area contributed by atoms with E-state index in [1.54, 1.807) is 6.92 Å². The summed E-state index contributed by atoms with van der Waals surface area (Å²) < 4.78 is 32.1. The van der Waals surface area contributed by atoms with Crippen molar-refractivity contribution in [3.8, 4) is 5.75 Å². The van der Waals surface area contributed by atoms with E-state index in [1.165, 1.54) is 32.2 Å². The van der Waals surface area contributed by atoms with Crippen LogP contribution in [0, 0.1) is 6.92 Å². The number of methoxy groups -OCH3 is 1. The number of amides is 1. The predicted octanol–water partition coefficient (Wildman–Crippen LogP) is 1.61. The molecule has 118 valence electrons. The SMILES string of the molecule is COc1ccc(S(=O)(=O)Nc2nnc(C)s2)cc1NC(C)=O. The van der Waals surface area contributed by atoms with Crippen LogP contribution in [0.15, 0.2) is 23.1 Å². The number of sulfonamides is 1. The average molecular weight is 342 g/mol. The number of ether oxygens (including phenoxy) is 1. The fourth-order valence-electron chi connectivity index (χ4n) is 1.65. The zero-order chi connectivity index (χ0) is 16.3. The molecule has 22 heavy (non-hydrogen) atoms. The molecule has 1 amide bonds. The van der Waals surface area contributed by atoms with Gasteiger partial charge in [0.25, 0.3) is 10.0 Å². The summed E-state index contributed by atoms with van der Waals surface area (Å²) in [5.41, 5.74) is 0.270. The number of carbonyl (C=O) groups excluding carboxylic acids is 1. The van der Waals surface area contributed by atoms with Crippen LogP contribution in [-0.4, -0.2) is 31.6 Å². The highest BCUT2D eigenvalue weighted by atomic mass is 32.2. The summed E-state index contributed by atoms with van der Waals surface area (Å²) in [7, 11) is -2.40. The third-order valence-electron chi connectivity index (χ3n) is 2.54. The Hall–Kier alpha value is -2.20. The van der Waals surface area contributed by atoms with Crippen LogP contribution in [0.1, 0.15) is 11.9 Å². The smallest absolute Gasteiger partial charge is 0.263 e. The summed E-state index contributed by atoms with van der Waals surface area (Å²) in [5.74, 6) is 0.0291. The first kappa shape index (κ1) is 16.2. The predicted molar refractivity (Wildman–Crippen MR) is 82.8 cm³/mol. The van der Waals surface area contributed by atoms with Gasteiger partial charge in [-0.1, -0.05) is 11.3 Å². The van der Waals surface area contributed by atoms with Crippen LogP contribution in [0.5, 0.6) is 5.75 Å². The van der Waals surface area contributed by atoms with Crippen molar-refractivity contribution in [3.63, 3.8) is 0 Å². The van der Waals surface area contributed by atoms with E-state index in [0.717, 1.165) is 11.3 Å². The Bertz CT molecular complexity index is 801. The van der Waals surface area contributed by atoms with E-state index in [2.05, 4.69) is 20.2 Å². The van der Waals surface area contributed by atoms with Crippen molar-refractivity contribution in [2.75, 3.05) is 17.1 Å². The van der Waals surface area contributed by atoms with Crippen molar-refractivity contribution < 1.29 is 17.9 Å². The lowest BCUT2D eigenvalue weighted by atomic mass is 10.3. The minimum absolute atomic E-state index is 0.0232. The molecule has 0 saturated carbocycles. The highest BCUT2D eigenvalue weighted by Crippen LogP contribution is 2.28. The molecule has 1 aromatic heterocycles. The van der Waals surface area contributed by atoms with E-state index < -0.39 is 10.0 Å². The van der Waals surface area contributed by atoms with Gasteiger partial charge in [-0.2, -0.15) is 0 Å². The van der Waals surface area contributed by atoms with E-state index in [9.17, 15) is 13.2 Å².